The van der Waals surface area contributed by atoms with E-state index in [9.17, 15) is 18.0 Å². The molecule has 4 rings (SSSR count). The van der Waals surface area contributed by atoms with Gasteiger partial charge in [-0.15, -0.1) is 0 Å². The summed E-state index contributed by atoms with van der Waals surface area (Å²) in [6.07, 6.45) is -0.636. The lowest BCUT2D eigenvalue weighted by Crippen LogP contribution is -2.47. The Labute approximate surface area is 171 Å². The maximum absolute atomic E-state index is 13.0. The number of carbonyl (C=O) groups is 1. The first-order valence-electron chi connectivity index (χ1n) is 8.97. The second kappa shape index (κ2) is 8.03. The monoisotopic (exact) mass is 431 g/mol. The quantitative estimate of drug-likeness (QED) is 0.605. The number of aromatic nitrogens is 2. The molecule has 1 N–H and O–H groups in total. The minimum Gasteiger partial charge on any atom is -0.486 e. The smallest absolute Gasteiger partial charge is 0.445 e. The molecule has 0 radical (unpaired) electrons. The molecule has 30 heavy (non-hydrogen) atoms. The van der Waals surface area contributed by atoms with Crippen molar-refractivity contribution in [3.63, 3.8) is 0 Å². The number of anilines is 1. The number of ether oxygens (including phenoxy) is 2. The summed E-state index contributed by atoms with van der Waals surface area (Å²) in [5, 5.41) is 2.20. The maximum atomic E-state index is 13.0. The summed E-state index contributed by atoms with van der Waals surface area (Å²) < 4.78 is 42.2. The van der Waals surface area contributed by atoms with Gasteiger partial charge in [-0.1, -0.05) is 47.6 Å². The lowest BCUT2D eigenvalue weighted by atomic mass is 10.2. The van der Waals surface area contributed by atoms with Crippen LogP contribution in [0, 0.1) is 0 Å². The third-order valence-corrected chi connectivity index (χ3v) is 5.87. The number of benzene rings is 2. The number of H-pyrrole nitrogens is 1. The number of nitrogens with zero attached hydrogens (tertiary/aromatic N) is 2. The number of para-hydroxylation sites is 2. The van der Waals surface area contributed by atoms with Gasteiger partial charge in [0, 0.05) is 6.42 Å². The van der Waals surface area contributed by atoms with Gasteiger partial charge in [-0.2, -0.15) is 8.42 Å². The van der Waals surface area contributed by atoms with Crippen LogP contribution in [0.1, 0.15) is 11.4 Å². The summed E-state index contributed by atoms with van der Waals surface area (Å²) in [6, 6.07) is 15.2. The third-order valence-electron chi connectivity index (χ3n) is 4.40. The molecule has 156 valence electrons. The fourth-order valence-electron chi connectivity index (χ4n) is 3.04. The van der Waals surface area contributed by atoms with Crippen molar-refractivity contribution < 1.29 is 27.2 Å². The van der Waals surface area contributed by atoms with Gasteiger partial charge in [-0.05, 0) is 17.7 Å². The zero-order valence-electron chi connectivity index (χ0n) is 15.6. The Morgan fingerprint density at radius 1 is 1.17 bits per heavy atom. The molecule has 10 nitrogen and oxygen atoms in total. The second-order valence-electron chi connectivity index (χ2n) is 6.51. The number of aromatic amines is 1. The highest BCUT2D eigenvalue weighted by Gasteiger charge is 2.39. The Balaban J connectivity index is 1.56. The van der Waals surface area contributed by atoms with Gasteiger partial charge in [-0.3, -0.25) is 13.8 Å². The summed E-state index contributed by atoms with van der Waals surface area (Å²) in [7, 11) is -4.49. The molecular weight excluding hydrogens is 414 g/mol. The van der Waals surface area contributed by atoms with Gasteiger partial charge in [0.25, 0.3) is 0 Å². The number of hydrogen-bond acceptors (Lipinski definition) is 8. The van der Waals surface area contributed by atoms with Crippen molar-refractivity contribution in [3.05, 3.63) is 76.5 Å². The number of sulfonamides is 1. The SMILES string of the molecule is O=C(OCc1ccccc1)S(=O)(=O)N1C[C@H](Cc2noc(=O)[nH]2)Oc2ccccc21. The van der Waals surface area contributed by atoms with Gasteiger partial charge < -0.3 is 9.47 Å². The molecule has 0 saturated heterocycles. The first-order chi connectivity index (χ1) is 14.4. The molecule has 1 aliphatic rings. The maximum Gasteiger partial charge on any atom is 0.445 e. The predicted molar refractivity (Wildman–Crippen MR) is 105 cm³/mol. The average Bonchev–Trinajstić information content (AvgIpc) is 3.16. The number of rotatable bonds is 5. The van der Waals surface area contributed by atoms with E-state index in [1.165, 1.54) is 6.07 Å². The van der Waals surface area contributed by atoms with Gasteiger partial charge >= 0.3 is 21.1 Å². The largest absolute Gasteiger partial charge is 0.486 e. The van der Waals surface area contributed by atoms with Crippen LogP contribution in [0.15, 0.2) is 63.9 Å². The van der Waals surface area contributed by atoms with Crippen LogP contribution in [0.4, 0.5) is 10.5 Å². The molecular formula is C19H17N3O7S. The fraction of sp³-hybridized carbons (Fsp3) is 0.211. The van der Waals surface area contributed by atoms with Crippen molar-refractivity contribution in [2.24, 2.45) is 0 Å². The zero-order chi connectivity index (χ0) is 21.1. The van der Waals surface area contributed by atoms with E-state index >= 15 is 0 Å². The average molecular weight is 431 g/mol. The topological polar surface area (TPSA) is 132 Å². The van der Waals surface area contributed by atoms with Crippen molar-refractivity contribution in [3.8, 4) is 5.75 Å². The van der Waals surface area contributed by atoms with E-state index in [1.54, 1.807) is 48.5 Å². The van der Waals surface area contributed by atoms with Crippen LogP contribution in [0.5, 0.6) is 5.75 Å². The number of hydrogen-bond donors (Lipinski definition) is 1. The van der Waals surface area contributed by atoms with E-state index in [1.807, 2.05) is 0 Å². The Morgan fingerprint density at radius 3 is 2.63 bits per heavy atom. The summed E-state index contributed by atoms with van der Waals surface area (Å²) in [5.74, 6) is -0.248. The molecule has 1 atom stereocenters. The molecule has 11 heteroatoms. The molecule has 0 spiro atoms. The molecule has 0 unspecified atom stereocenters. The summed E-state index contributed by atoms with van der Waals surface area (Å²) in [6.45, 7) is -0.344. The first-order valence-corrected chi connectivity index (χ1v) is 10.4. The Kier molecular flexibility index (Phi) is 5.27. The van der Waals surface area contributed by atoms with Crippen LogP contribution in [0.2, 0.25) is 0 Å². The molecule has 0 bridgehead atoms. The number of carbonyl (C=O) groups excluding carboxylic acids is 1. The minimum absolute atomic E-state index is 0.0746. The molecule has 0 fully saturated rings. The van der Waals surface area contributed by atoms with Crippen LogP contribution in [0.3, 0.4) is 0 Å². The van der Waals surface area contributed by atoms with Crippen LogP contribution >= 0.6 is 0 Å². The lowest BCUT2D eigenvalue weighted by Gasteiger charge is -2.34. The van der Waals surface area contributed by atoms with Crippen LogP contribution in [-0.2, 0) is 27.8 Å². The third kappa shape index (κ3) is 4.06. The van der Waals surface area contributed by atoms with Crippen molar-refractivity contribution >= 4 is 21.0 Å². The number of nitrogens with one attached hydrogen (secondary N) is 1. The van der Waals surface area contributed by atoms with Crippen LogP contribution in [0.25, 0.3) is 0 Å². The molecule has 0 amide bonds. The molecule has 0 aliphatic carbocycles. The van der Waals surface area contributed by atoms with E-state index in [2.05, 4.69) is 14.7 Å². The molecule has 1 aliphatic heterocycles. The second-order valence-corrected chi connectivity index (χ2v) is 8.24. The summed E-state index contributed by atoms with van der Waals surface area (Å²) in [5.41, 5.74) is 0.885. The van der Waals surface area contributed by atoms with Crippen LogP contribution in [-0.4, -0.2) is 36.5 Å². The lowest BCUT2D eigenvalue weighted by molar-refractivity contribution is 0.165. The van der Waals surface area contributed by atoms with Crippen molar-refractivity contribution in [2.75, 3.05) is 10.8 Å². The summed E-state index contributed by atoms with van der Waals surface area (Å²) >= 11 is 0. The van der Waals surface area contributed by atoms with E-state index in [0.717, 1.165) is 4.31 Å². The zero-order valence-corrected chi connectivity index (χ0v) is 16.4. The highest BCUT2D eigenvalue weighted by atomic mass is 32.2. The molecule has 1 aromatic heterocycles. The highest BCUT2D eigenvalue weighted by Crippen LogP contribution is 2.36. The molecule has 3 aromatic rings. The van der Waals surface area contributed by atoms with Crippen molar-refractivity contribution in [1.29, 1.82) is 0 Å². The Bertz CT molecular complexity index is 1200. The Hall–Kier alpha value is -3.60. The predicted octanol–water partition coefficient (Wildman–Crippen LogP) is 1.84. The van der Waals surface area contributed by atoms with Gasteiger partial charge in [0.1, 0.15) is 18.5 Å². The van der Waals surface area contributed by atoms with Crippen LogP contribution < -0.4 is 14.8 Å². The van der Waals surface area contributed by atoms with Gasteiger partial charge in [-0.25, -0.2) is 9.59 Å². The van der Waals surface area contributed by atoms with E-state index in [4.69, 9.17) is 9.47 Å². The standard InChI is InChI=1S/C19H17N3O7S/c23-18-20-17(21-29-18)10-14-11-22(15-8-4-5-9-16(15)28-14)30(25,26)19(24)27-12-13-6-2-1-3-7-13/h1-9,14H,10-12H2,(H,20,21,23)/t14-/m0/s1. The molecule has 2 aromatic carbocycles. The molecule has 0 saturated carbocycles. The normalized spacial score (nSPS) is 15.9. The van der Waals surface area contributed by atoms with E-state index < -0.39 is 27.2 Å². The van der Waals surface area contributed by atoms with Crippen molar-refractivity contribution in [1.82, 2.24) is 10.1 Å². The number of fused-ring (bicyclic) bond motifs is 1. The summed E-state index contributed by atoms with van der Waals surface area (Å²) in [4.78, 5) is 26.0. The minimum atomic E-state index is -4.49. The Morgan fingerprint density at radius 2 is 1.90 bits per heavy atom. The van der Waals surface area contributed by atoms with Gasteiger partial charge in [0.15, 0.2) is 5.82 Å². The van der Waals surface area contributed by atoms with Crippen molar-refractivity contribution in [2.45, 2.75) is 19.1 Å². The van der Waals surface area contributed by atoms with Gasteiger partial charge in [0.05, 0.1) is 12.2 Å². The molecule has 2 heterocycles. The fourth-order valence-corrected chi connectivity index (χ4v) is 4.20. The van der Waals surface area contributed by atoms with E-state index in [0.29, 0.717) is 5.56 Å². The first kappa shape index (κ1) is 19.7. The highest BCUT2D eigenvalue weighted by molar-refractivity contribution is 8.06. The van der Waals surface area contributed by atoms with E-state index in [-0.39, 0.29) is 36.8 Å². The van der Waals surface area contributed by atoms with Gasteiger partial charge in [0.2, 0.25) is 0 Å².